The molecule has 1 heterocycles. The Morgan fingerprint density at radius 1 is 0.893 bits per heavy atom. The van der Waals surface area contributed by atoms with Gasteiger partial charge in [0, 0.05) is 5.56 Å². The fourth-order valence-electron chi connectivity index (χ4n) is 2.98. The number of ether oxygens (including phenoxy) is 1. The zero-order chi connectivity index (χ0) is 19.2. The lowest BCUT2D eigenvalue weighted by atomic mass is 10.2. The van der Waals surface area contributed by atoms with Crippen LogP contribution in [0.4, 0.5) is 0 Å². The predicted octanol–water partition coefficient (Wildman–Crippen LogP) is 3.56. The van der Waals surface area contributed by atoms with Crippen LogP contribution in [0.1, 0.15) is 16.7 Å². The SMILES string of the molecule is O=C1CN=C(c2cccc(OCc3ccccc3)c2)NN1Cc1ccccc1. The van der Waals surface area contributed by atoms with Gasteiger partial charge in [-0.15, -0.1) is 0 Å². The molecular weight excluding hydrogens is 350 g/mol. The molecule has 5 heteroatoms. The van der Waals surface area contributed by atoms with E-state index in [0.717, 1.165) is 22.4 Å². The first-order chi connectivity index (χ1) is 13.8. The number of hydrazine groups is 1. The first-order valence-corrected chi connectivity index (χ1v) is 9.20. The van der Waals surface area contributed by atoms with E-state index in [1.807, 2.05) is 84.9 Å². The van der Waals surface area contributed by atoms with Gasteiger partial charge in [-0.05, 0) is 23.3 Å². The molecule has 0 unspecified atom stereocenters. The average Bonchev–Trinajstić information content (AvgIpc) is 2.75. The maximum atomic E-state index is 12.2. The molecule has 1 aliphatic heterocycles. The zero-order valence-corrected chi connectivity index (χ0v) is 15.4. The zero-order valence-electron chi connectivity index (χ0n) is 15.4. The number of carbonyl (C=O) groups excluding carboxylic acids is 1. The van der Waals surface area contributed by atoms with Crippen LogP contribution in [0.15, 0.2) is 89.9 Å². The summed E-state index contributed by atoms with van der Waals surface area (Å²) in [7, 11) is 0. The number of benzene rings is 3. The smallest absolute Gasteiger partial charge is 0.262 e. The minimum Gasteiger partial charge on any atom is -0.489 e. The van der Waals surface area contributed by atoms with E-state index >= 15 is 0 Å². The van der Waals surface area contributed by atoms with Crippen LogP contribution in [0.5, 0.6) is 5.75 Å². The van der Waals surface area contributed by atoms with E-state index in [1.54, 1.807) is 5.01 Å². The van der Waals surface area contributed by atoms with E-state index in [1.165, 1.54) is 0 Å². The highest BCUT2D eigenvalue weighted by Crippen LogP contribution is 2.17. The Balaban J connectivity index is 1.45. The fraction of sp³-hybridized carbons (Fsp3) is 0.130. The third-order valence-electron chi connectivity index (χ3n) is 4.45. The van der Waals surface area contributed by atoms with Crippen molar-refractivity contribution in [2.75, 3.05) is 6.54 Å². The summed E-state index contributed by atoms with van der Waals surface area (Å²) in [4.78, 5) is 16.6. The Morgan fingerprint density at radius 2 is 1.61 bits per heavy atom. The van der Waals surface area contributed by atoms with Crippen molar-refractivity contribution in [2.24, 2.45) is 4.99 Å². The number of amides is 1. The van der Waals surface area contributed by atoms with Crippen LogP contribution in [0.2, 0.25) is 0 Å². The van der Waals surface area contributed by atoms with Crippen molar-refractivity contribution in [1.82, 2.24) is 10.4 Å². The van der Waals surface area contributed by atoms with E-state index < -0.39 is 0 Å². The highest BCUT2D eigenvalue weighted by molar-refractivity contribution is 6.02. The third-order valence-corrected chi connectivity index (χ3v) is 4.45. The van der Waals surface area contributed by atoms with E-state index in [0.29, 0.717) is 19.0 Å². The Bertz CT molecular complexity index is 971. The molecular formula is C23H21N3O2. The van der Waals surface area contributed by atoms with Gasteiger partial charge in [0.25, 0.3) is 5.91 Å². The molecule has 28 heavy (non-hydrogen) atoms. The van der Waals surface area contributed by atoms with Crippen LogP contribution >= 0.6 is 0 Å². The summed E-state index contributed by atoms with van der Waals surface area (Å²) in [5.74, 6) is 1.38. The molecule has 0 spiro atoms. The number of nitrogens with one attached hydrogen (secondary N) is 1. The van der Waals surface area contributed by atoms with Gasteiger partial charge in [-0.1, -0.05) is 72.8 Å². The van der Waals surface area contributed by atoms with E-state index in [-0.39, 0.29) is 12.5 Å². The van der Waals surface area contributed by atoms with Crippen molar-refractivity contribution in [3.63, 3.8) is 0 Å². The van der Waals surface area contributed by atoms with E-state index in [4.69, 9.17) is 4.74 Å². The molecule has 3 aromatic carbocycles. The van der Waals surface area contributed by atoms with Gasteiger partial charge >= 0.3 is 0 Å². The second kappa shape index (κ2) is 8.39. The van der Waals surface area contributed by atoms with Crippen LogP contribution in [-0.2, 0) is 17.9 Å². The number of hydrogen-bond donors (Lipinski definition) is 1. The van der Waals surface area contributed by atoms with Crippen molar-refractivity contribution in [1.29, 1.82) is 0 Å². The monoisotopic (exact) mass is 371 g/mol. The van der Waals surface area contributed by atoms with Gasteiger partial charge in [0.15, 0.2) is 0 Å². The Morgan fingerprint density at radius 3 is 2.36 bits per heavy atom. The molecule has 0 fully saturated rings. The molecule has 1 N–H and O–H groups in total. The minimum atomic E-state index is -0.0518. The summed E-state index contributed by atoms with van der Waals surface area (Å²) in [5.41, 5.74) is 6.20. The molecule has 0 saturated carbocycles. The van der Waals surface area contributed by atoms with Crippen LogP contribution in [0.25, 0.3) is 0 Å². The highest BCUT2D eigenvalue weighted by Gasteiger charge is 2.21. The predicted molar refractivity (Wildman–Crippen MR) is 109 cm³/mol. The molecule has 4 rings (SSSR count). The molecule has 1 aliphatic rings. The molecule has 1 amide bonds. The van der Waals surface area contributed by atoms with E-state index in [2.05, 4.69) is 10.4 Å². The lowest BCUT2D eigenvalue weighted by Gasteiger charge is -2.28. The maximum absolute atomic E-state index is 12.2. The molecule has 0 bridgehead atoms. The first-order valence-electron chi connectivity index (χ1n) is 9.20. The van der Waals surface area contributed by atoms with Gasteiger partial charge in [0.1, 0.15) is 24.7 Å². The number of carbonyl (C=O) groups is 1. The van der Waals surface area contributed by atoms with Crippen molar-refractivity contribution in [3.8, 4) is 5.75 Å². The lowest BCUT2D eigenvalue weighted by molar-refractivity contribution is -0.132. The van der Waals surface area contributed by atoms with Crippen molar-refractivity contribution < 1.29 is 9.53 Å². The molecule has 0 atom stereocenters. The normalized spacial score (nSPS) is 13.6. The van der Waals surface area contributed by atoms with Crippen molar-refractivity contribution in [2.45, 2.75) is 13.2 Å². The summed E-state index contributed by atoms with van der Waals surface area (Å²) in [5, 5.41) is 1.61. The molecule has 0 aliphatic carbocycles. The number of rotatable bonds is 6. The van der Waals surface area contributed by atoms with Crippen molar-refractivity contribution in [3.05, 3.63) is 102 Å². The second-order valence-corrected chi connectivity index (χ2v) is 6.54. The summed E-state index contributed by atoms with van der Waals surface area (Å²) >= 11 is 0. The molecule has 0 aromatic heterocycles. The van der Waals surface area contributed by atoms with Gasteiger partial charge in [-0.2, -0.15) is 0 Å². The Labute approximate surface area is 164 Å². The third kappa shape index (κ3) is 4.38. The van der Waals surface area contributed by atoms with Crippen LogP contribution in [0, 0.1) is 0 Å². The van der Waals surface area contributed by atoms with Gasteiger partial charge < -0.3 is 4.74 Å². The summed E-state index contributed by atoms with van der Waals surface area (Å²) < 4.78 is 5.90. The first kappa shape index (κ1) is 17.8. The van der Waals surface area contributed by atoms with Gasteiger partial charge in [-0.25, -0.2) is 5.01 Å². The number of nitrogens with zero attached hydrogens (tertiary/aromatic N) is 2. The average molecular weight is 371 g/mol. The van der Waals surface area contributed by atoms with Crippen LogP contribution < -0.4 is 10.2 Å². The Kier molecular flexibility index (Phi) is 5.33. The minimum absolute atomic E-state index is 0.0518. The summed E-state index contributed by atoms with van der Waals surface area (Å²) in [6.45, 7) is 1.12. The lowest BCUT2D eigenvalue weighted by Crippen LogP contribution is -2.50. The number of amidine groups is 1. The van der Waals surface area contributed by atoms with Crippen LogP contribution in [0.3, 0.4) is 0 Å². The van der Waals surface area contributed by atoms with Gasteiger partial charge in [-0.3, -0.25) is 15.2 Å². The highest BCUT2D eigenvalue weighted by atomic mass is 16.5. The second-order valence-electron chi connectivity index (χ2n) is 6.54. The number of hydrogen-bond acceptors (Lipinski definition) is 4. The number of aliphatic imine (C=N–C) groups is 1. The topological polar surface area (TPSA) is 53.9 Å². The fourth-order valence-corrected chi connectivity index (χ4v) is 2.98. The molecule has 140 valence electrons. The van der Waals surface area contributed by atoms with Gasteiger partial charge in [0.05, 0.1) is 6.54 Å². The molecule has 3 aromatic rings. The van der Waals surface area contributed by atoms with Gasteiger partial charge in [0.2, 0.25) is 0 Å². The maximum Gasteiger partial charge on any atom is 0.262 e. The standard InChI is InChI=1S/C23H21N3O2/c27-22-15-24-23(25-26(22)16-18-8-3-1-4-9-18)20-12-7-13-21(14-20)28-17-19-10-5-2-6-11-19/h1-14H,15-17H2,(H,24,25). The molecule has 0 radical (unpaired) electrons. The Hall–Kier alpha value is -3.60. The molecule has 0 saturated heterocycles. The van der Waals surface area contributed by atoms with Crippen LogP contribution in [-0.4, -0.2) is 23.3 Å². The summed E-state index contributed by atoms with van der Waals surface area (Å²) in [6, 6.07) is 27.7. The van der Waals surface area contributed by atoms with Crippen molar-refractivity contribution >= 4 is 11.7 Å². The quantitative estimate of drug-likeness (QED) is 0.721. The van der Waals surface area contributed by atoms with E-state index in [9.17, 15) is 4.79 Å². The summed E-state index contributed by atoms with van der Waals surface area (Å²) in [6.07, 6.45) is 0. The molecule has 5 nitrogen and oxygen atoms in total. The largest absolute Gasteiger partial charge is 0.489 e.